The van der Waals surface area contributed by atoms with Crippen LogP contribution < -0.4 is 5.73 Å². The lowest BCUT2D eigenvalue weighted by atomic mass is 10.1. The molecule has 0 aliphatic rings. The number of carbonyl (C=O) groups excluding carboxylic acids is 2. The van der Waals surface area contributed by atoms with Crippen molar-refractivity contribution in [2.24, 2.45) is 5.73 Å². The SMILES string of the molecule is CC(=O)Cn1nc(C(N)=O)c2cc(C#N)ccc21. The number of primary amides is 1. The molecule has 6 heteroatoms. The molecule has 0 aliphatic heterocycles. The van der Waals surface area contributed by atoms with E-state index in [1.807, 2.05) is 6.07 Å². The molecule has 0 saturated heterocycles. The van der Waals surface area contributed by atoms with Crippen LogP contribution in [0.2, 0.25) is 0 Å². The minimum atomic E-state index is -0.683. The Morgan fingerprint density at radius 2 is 2.22 bits per heavy atom. The summed E-state index contributed by atoms with van der Waals surface area (Å²) in [5.74, 6) is -0.767. The van der Waals surface area contributed by atoms with Gasteiger partial charge in [0.1, 0.15) is 0 Å². The summed E-state index contributed by atoms with van der Waals surface area (Å²) in [5, 5.41) is 13.3. The first-order valence-electron chi connectivity index (χ1n) is 5.23. The number of amides is 1. The van der Waals surface area contributed by atoms with Crippen molar-refractivity contribution in [2.75, 3.05) is 0 Å². The zero-order valence-electron chi connectivity index (χ0n) is 9.67. The Hall–Kier alpha value is -2.68. The van der Waals surface area contributed by atoms with Crippen LogP contribution in [0.25, 0.3) is 10.9 Å². The molecule has 0 atom stereocenters. The summed E-state index contributed by atoms with van der Waals surface area (Å²) in [6, 6.07) is 6.77. The maximum absolute atomic E-state index is 11.3. The maximum Gasteiger partial charge on any atom is 0.269 e. The summed E-state index contributed by atoms with van der Waals surface area (Å²) in [6.07, 6.45) is 0. The second kappa shape index (κ2) is 4.30. The zero-order chi connectivity index (χ0) is 13.3. The summed E-state index contributed by atoms with van der Waals surface area (Å²) in [6.45, 7) is 1.50. The number of fused-ring (bicyclic) bond motifs is 1. The number of nitriles is 1. The average molecular weight is 242 g/mol. The second-order valence-corrected chi connectivity index (χ2v) is 3.92. The van der Waals surface area contributed by atoms with Crippen LogP contribution in [0.5, 0.6) is 0 Å². The van der Waals surface area contributed by atoms with E-state index in [1.165, 1.54) is 11.6 Å². The van der Waals surface area contributed by atoms with E-state index in [0.29, 0.717) is 16.5 Å². The van der Waals surface area contributed by atoms with Gasteiger partial charge in [0.25, 0.3) is 5.91 Å². The van der Waals surface area contributed by atoms with E-state index in [0.717, 1.165) is 0 Å². The Bertz CT molecular complexity index is 694. The van der Waals surface area contributed by atoms with E-state index in [1.54, 1.807) is 18.2 Å². The van der Waals surface area contributed by atoms with Crippen molar-refractivity contribution >= 4 is 22.6 Å². The van der Waals surface area contributed by atoms with Crippen molar-refractivity contribution in [2.45, 2.75) is 13.5 Å². The van der Waals surface area contributed by atoms with Gasteiger partial charge in [-0.25, -0.2) is 0 Å². The Morgan fingerprint density at radius 1 is 1.50 bits per heavy atom. The van der Waals surface area contributed by atoms with Crippen molar-refractivity contribution in [3.8, 4) is 6.07 Å². The van der Waals surface area contributed by atoms with Crippen LogP contribution in [0.4, 0.5) is 0 Å². The molecule has 1 aromatic heterocycles. The molecule has 90 valence electrons. The number of hydrogen-bond acceptors (Lipinski definition) is 4. The van der Waals surface area contributed by atoms with Crippen LogP contribution in [0.15, 0.2) is 18.2 Å². The molecule has 18 heavy (non-hydrogen) atoms. The largest absolute Gasteiger partial charge is 0.364 e. The topological polar surface area (TPSA) is 102 Å². The molecule has 0 unspecified atom stereocenters. The number of ketones is 1. The van der Waals surface area contributed by atoms with Gasteiger partial charge < -0.3 is 5.73 Å². The van der Waals surface area contributed by atoms with Crippen LogP contribution in [0.3, 0.4) is 0 Å². The highest BCUT2D eigenvalue weighted by molar-refractivity contribution is 6.04. The summed E-state index contributed by atoms with van der Waals surface area (Å²) < 4.78 is 1.42. The number of nitrogens with zero attached hydrogens (tertiary/aromatic N) is 3. The van der Waals surface area contributed by atoms with E-state index in [-0.39, 0.29) is 18.0 Å². The van der Waals surface area contributed by atoms with Gasteiger partial charge >= 0.3 is 0 Å². The van der Waals surface area contributed by atoms with Gasteiger partial charge in [0.15, 0.2) is 11.5 Å². The fourth-order valence-electron chi connectivity index (χ4n) is 1.76. The van der Waals surface area contributed by atoms with Gasteiger partial charge in [-0.2, -0.15) is 10.4 Å². The molecule has 1 heterocycles. The first kappa shape index (κ1) is 11.8. The molecule has 1 amide bonds. The van der Waals surface area contributed by atoms with Gasteiger partial charge in [-0.1, -0.05) is 0 Å². The molecule has 2 rings (SSSR count). The molecular weight excluding hydrogens is 232 g/mol. The summed E-state index contributed by atoms with van der Waals surface area (Å²) in [7, 11) is 0. The van der Waals surface area contributed by atoms with Crippen molar-refractivity contribution in [1.29, 1.82) is 5.26 Å². The summed E-state index contributed by atoms with van der Waals surface area (Å²) >= 11 is 0. The third kappa shape index (κ3) is 1.94. The van der Waals surface area contributed by atoms with E-state index >= 15 is 0 Å². The normalized spacial score (nSPS) is 10.2. The minimum absolute atomic E-state index is 0.0652. The first-order valence-corrected chi connectivity index (χ1v) is 5.23. The highest BCUT2D eigenvalue weighted by Crippen LogP contribution is 2.20. The predicted octanol–water partition coefficient (Wildman–Crippen LogP) is 0.596. The van der Waals surface area contributed by atoms with Crippen molar-refractivity contribution in [3.05, 3.63) is 29.5 Å². The third-order valence-electron chi connectivity index (χ3n) is 2.49. The van der Waals surface area contributed by atoms with Crippen LogP contribution in [0.1, 0.15) is 23.0 Å². The number of rotatable bonds is 3. The molecule has 2 aromatic rings. The highest BCUT2D eigenvalue weighted by Gasteiger charge is 2.15. The number of hydrogen-bond donors (Lipinski definition) is 1. The van der Waals surface area contributed by atoms with Crippen LogP contribution in [-0.2, 0) is 11.3 Å². The molecule has 0 radical (unpaired) electrons. The Morgan fingerprint density at radius 3 is 2.78 bits per heavy atom. The Labute approximate surface area is 103 Å². The molecule has 6 nitrogen and oxygen atoms in total. The lowest BCUT2D eigenvalue weighted by Gasteiger charge is -1.99. The molecule has 0 fully saturated rings. The maximum atomic E-state index is 11.3. The van der Waals surface area contributed by atoms with Gasteiger partial charge in [-0.15, -0.1) is 0 Å². The van der Waals surface area contributed by atoms with Gasteiger partial charge in [-0.05, 0) is 25.1 Å². The number of Topliss-reactive ketones (excluding diaryl/α,β-unsaturated/α-hetero) is 1. The number of benzene rings is 1. The summed E-state index contributed by atoms with van der Waals surface area (Å²) in [5.41, 5.74) is 6.32. The number of aromatic nitrogens is 2. The molecule has 0 spiro atoms. The molecule has 2 N–H and O–H groups in total. The minimum Gasteiger partial charge on any atom is -0.364 e. The van der Waals surface area contributed by atoms with Gasteiger partial charge in [0.2, 0.25) is 0 Å². The fourth-order valence-corrected chi connectivity index (χ4v) is 1.76. The quantitative estimate of drug-likeness (QED) is 0.851. The van der Waals surface area contributed by atoms with Crippen molar-refractivity contribution in [3.63, 3.8) is 0 Å². The Balaban J connectivity index is 2.72. The number of carbonyl (C=O) groups is 2. The standard InChI is InChI=1S/C12H10N4O2/c1-7(17)6-16-10-3-2-8(5-13)4-9(10)11(15-16)12(14)18/h2-4H,6H2,1H3,(H2,14,18). The van der Waals surface area contributed by atoms with Crippen molar-refractivity contribution in [1.82, 2.24) is 9.78 Å². The zero-order valence-corrected chi connectivity index (χ0v) is 9.67. The van der Waals surface area contributed by atoms with E-state index < -0.39 is 5.91 Å². The molecular formula is C12H10N4O2. The molecule has 1 aromatic carbocycles. The van der Waals surface area contributed by atoms with Crippen molar-refractivity contribution < 1.29 is 9.59 Å². The lowest BCUT2D eigenvalue weighted by molar-refractivity contribution is -0.117. The van der Waals surface area contributed by atoms with Crippen LogP contribution >= 0.6 is 0 Å². The monoisotopic (exact) mass is 242 g/mol. The molecule has 0 bridgehead atoms. The van der Waals surface area contributed by atoms with E-state index in [2.05, 4.69) is 5.10 Å². The smallest absolute Gasteiger partial charge is 0.269 e. The summed E-state index contributed by atoms with van der Waals surface area (Å²) in [4.78, 5) is 22.4. The first-order chi connectivity index (χ1) is 8.52. The van der Waals surface area contributed by atoms with Gasteiger partial charge in [-0.3, -0.25) is 14.3 Å². The van der Waals surface area contributed by atoms with Gasteiger partial charge in [0, 0.05) is 5.39 Å². The predicted molar refractivity (Wildman–Crippen MR) is 63.6 cm³/mol. The van der Waals surface area contributed by atoms with Crippen LogP contribution in [0, 0.1) is 11.3 Å². The number of nitrogens with two attached hydrogens (primary N) is 1. The molecule has 0 aliphatic carbocycles. The fraction of sp³-hybridized carbons (Fsp3) is 0.167. The van der Waals surface area contributed by atoms with E-state index in [9.17, 15) is 9.59 Å². The second-order valence-electron chi connectivity index (χ2n) is 3.92. The van der Waals surface area contributed by atoms with Crippen LogP contribution in [-0.4, -0.2) is 21.5 Å². The van der Waals surface area contributed by atoms with E-state index in [4.69, 9.17) is 11.0 Å². The average Bonchev–Trinajstić information content (AvgIpc) is 2.66. The lowest BCUT2D eigenvalue weighted by Crippen LogP contribution is -2.14. The third-order valence-corrected chi connectivity index (χ3v) is 2.49. The van der Waals surface area contributed by atoms with Gasteiger partial charge in [0.05, 0.1) is 23.7 Å². The molecule has 0 saturated carbocycles. The Kier molecular flexibility index (Phi) is 2.81. The highest BCUT2D eigenvalue weighted by atomic mass is 16.1.